The molecule has 4 rings (SSSR count). The van der Waals surface area contributed by atoms with Crippen LogP contribution >= 0.6 is 0 Å². The maximum absolute atomic E-state index is 13.4. The second-order valence-electron chi connectivity index (χ2n) is 9.98. The van der Waals surface area contributed by atoms with Gasteiger partial charge in [0.2, 0.25) is 10.0 Å². The van der Waals surface area contributed by atoms with Crippen LogP contribution in [0.3, 0.4) is 0 Å². The molecule has 0 saturated carbocycles. The van der Waals surface area contributed by atoms with Gasteiger partial charge < -0.3 is 15.0 Å². The van der Waals surface area contributed by atoms with Crippen LogP contribution in [0.4, 0.5) is 19.7 Å². The Kier molecular flexibility index (Phi) is 10.1. The average Bonchev–Trinajstić information content (AvgIpc) is 3.00. The number of ether oxygens (including phenoxy) is 1. The molecule has 0 aromatic heterocycles. The molecular weight excluding hydrogens is 585 g/mol. The number of carbonyl (C=O) groups excluding carboxylic acids is 2. The quantitative estimate of drug-likeness (QED) is 0.132. The highest BCUT2D eigenvalue weighted by Crippen LogP contribution is 2.28. The van der Waals surface area contributed by atoms with Gasteiger partial charge in [0.25, 0.3) is 0 Å². The Balaban J connectivity index is 1.44. The Morgan fingerprint density at radius 3 is 2.32 bits per heavy atom. The second kappa shape index (κ2) is 13.9. The summed E-state index contributed by atoms with van der Waals surface area (Å²) < 4.78 is 42.2. The van der Waals surface area contributed by atoms with Gasteiger partial charge in [-0.2, -0.15) is 0 Å². The Morgan fingerprint density at radius 2 is 1.66 bits per heavy atom. The summed E-state index contributed by atoms with van der Waals surface area (Å²) in [5.41, 5.74) is 2.72. The predicted molar refractivity (Wildman–Crippen MR) is 166 cm³/mol. The number of benzene rings is 4. The molecule has 0 bridgehead atoms. The van der Waals surface area contributed by atoms with E-state index in [1.54, 1.807) is 65.6 Å². The summed E-state index contributed by atoms with van der Waals surface area (Å²) in [4.78, 5) is 27.3. The summed E-state index contributed by atoms with van der Waals surface area (Å²) in [6.07, 6.45) is -0.213. The van der Waals surface area contributed by atoms with E-state index in [0.717, 1.165) is 17.7 Å². The fourth-order valence-electron chi connectivity index (χ4n) is 4.36. The largest absolute Gasteiger partial charge is 0.418 e. The Labute approximate surface area is 255 Å². The molecule has 0 aliphatic rings. The first-order valence-electron chi connectivity index (χ1n) is 13.7. The molecule has 1 unspecified atom stereocenters. The van der Waals surface area contributed by atoms with Gasteiger partial charge in [-0.1, -0.05) is 55.5 Å². The fraction of sp³-hybridized carbons (Fsp3) is 0.156. The highest BCUT2D eigenvalue weighted by Gasteiger charge is 2.21. The van der Waals surface area contributed by atoms with Gasteiger partial charge in [-0.05, 0) is 73.0 Å². The van der Waals surface area contributed by atoms with Gasteiger partial charge >= 0.3 is 12.1 Å². The summed E-state index contributed by atoms with van der Waals surface area (Å²) in [6.45, 7) is 4.11. The highest BCUT2D eigenvalue weighted by molar-refractivity contribution is 7.89. The SMILES string of the molecule is CCC(C)N(Cc1cccc(C(=N)NC(=O)Oc2ccc(F)cc2)c1)C(=O)Nc1ccc(-c2ccccc2S(N)(=O)=O)cc1. The van der Waals surface area contributed by atoms with E-state index in [2.05, 4.69) is 10.6 Å². The number of amidine groups is 1. The molecular formula is C32H32FN5O5S. The Hall–Kier alpha value is -5.07. The van der Waals surface area contributed by atoms with Crippen LogP contribution in [0.1, 0.15) is 31.4 Å². The molecule has 3 amide bonds. The smallest absolute Gasteiger partial charge is 0.410 e. The van der Waals surface area contributed by atoms with Crippen LogP contribution in [0, 0.1) is 11.2 Å². The van der Waals surface area contributed by atoms with Crippen LogP contribution < -0.4 is 20.5 Å². The topological polar surface area (TPSA) is 155 Å². The molecule has 4 aromatic carbocycles. The summed E-state index contributed by atoms with van der Waals surface area (Å²) in [6, 6.07) is 24.5. The molecule has 0 aliphatic carbocycles. The van der Waals surface area contributed by atoms with E-state index in [9.17, 15) is 22.4 Å². The van der Waals surface area contributed by atoms with Crippen LogP contribution in [0.15, 0.2) is 102 Å². The van der Waals surface area contributed by atoms with E-state index < -0.39 is 21.9 Å². The number of amides is 3. The standard InChI is InChI=1S/C32H32FN5O5S/c1-3-21(2)38(31(39)36-26-15-11-23(12-16-26)28-9-4-5-10-29(28)44(35,41)42)20-22-7-6-8-24(19-22)30(34)37-32(40)43-27-17-13-25(33)14-18-27/h4-19,21H,3,20H2,1-2H3,(H,36,39)(H2,34,37,40)(H2,35,41,42). The number of nitrogens with zero attached hydrogens (tertiary/aromatic N) is 1. The van der Waals surface area contributed by atoms with Crippen LogP contribution in [-0.4, -0.2) is 37.3 Å². The number of nitrogens with two attached hydrogens (primary N) is 1. The molecule has 4 aromatic rings. The minimum Gasteiger partial charge on any atom is -0.410 e. The van der Waals surface area contributed by atoms with Crippen molar-refractivity contribution in [2.75, 3.05) is 5.32 Å². The van der Waals surface area contributed by atoms with Crippen LogP contribution in [0.25, 0.3) is 11.1 Å². The van der Waals surface area contributed by atoms with Gasteiger partial charge in [0, 0.05) is 29.4 Å². The summed E-state index contributed by atoms with van der Waals surface area (Å²) in [7, 11) is -3.92. The Morgan fingerprint density at radius 1 is 0.977 bits per heavy atom. The number of urea groups is 1. The van der Waals surface area contributed by atoms with Crippen molar-refractivity contribution in [1.82, 2.24) is 10.2 Å². The van der Waals surface area contributed by atoms with Crippen molar-refractivity contribution in [3.63, 3.8) is 0 Å². The molecule has 44 heavy (non-hydrogen) atoms. The lowest BCUT2D eigenvalue weighted by Crippen LogP contribution is -2.40. The molecule has 0 saturated heterocycles. The first-order valence-corrected chi connectivity index (χ1v) is 15.2. The van der Waals surface area contributed by atoms with Crippen LogP contribution in [-0.2, 0) is 16.6 Å². The molecule has 0 aliphatic heterocycles. The van der Waals surface area contributed by atoms with E-state index in [-0.39, 0.29) is 35.1 Å². The maximum Gasteiger partial charge on any atom is 0.418 e. The number of anilines is 1. The summed E-state index contributed by atoms with van der Waals surface area (Å²) in [5, 5.41) is 18.9. The lowest BCUT2D eigenvalue weighted by molar-refractivity contribution is 0.187. The Bertz CT molecular complexity index is 1760. The van der Waals surface area contributed by atoms with E-state index in [4.69, 9.17) is 15.3 Å². The molecule has 0 radical (unpaired) electrons. The van der Waals surface area contributed by atoms with Crippen LogP contribution in [0.5, 0.6) is 5.75 Å². The number of halogens is 1. The zero-order valence-electron chi connectivity index (χ0n) is 24.1. The highest BCUT2D eigenvalue weighted by atomic mass is 32.2. The van der Waals surface area contributed by atoms with Crippen molar-refractivity contribution in [3.05, 3.63) is 114 Å². The van der Waals surface area contributed by atoms with Gasteiger partial charge in [0.1, 0.15) is 17.4 Å². The van der Waals surface area contributed by atoms with E-state index >= 15 is 0 Å². The first-order chi connectivity index (χ1) is 20.9. The molecule has 1 atom stereocenters. The van der Waals surface area contributed by atoms with Crippen molar-refractivity contribution >= 4 is 33.7 Å². The van der Waals surface area contributed by atoms with Gasteiger partial charge in [-0.15, -0.1) is 0 Å². The van der Waals surface area contributed by atoms with Crippen LogP contribution in [0.2, 0.25) is 0 Å². The minimum atomic E-state index is -3.92. The van der Waals surface area contributed by atoms with Crippen molar-refractivity contribution < 1.29 is 27.1 Å². The van der Waals surface area contributed by atoms with Crippen molar-refractivity contribution in [2.24, 2.45) is 5.14 Å². The number of nitrogens with one attached hydrogen (secondary N) is 3. The molecule has 12 heteroatoms. The zero-order valence-corrected chi connectivity index (χ0v) is 24.9. The van der Waals surface area contributed by atoms with Crippen molar-refractivity contribution in [2.45, 2.75) is 37.8 Å². The zero-order chi connectivity index (χ0) is 31.9. The van der Waals surface area contributed by atoms with Gasteiger partial charge in [0.15, 0.2) is 0 Å². The molecule has 0 fully saturated rings. The summed E-state index contributed by atoms with van der Waals surface area (Å²) >= 11 is 0. The van der Waals surface area contributed by atoms with E-state index in [1.165, 1.54) is 18.2 Å². The predicted octanol–water partition coefficient (Wildman–Crippen LogP) is 6.09. The number of primary sulfonamides is 1. The maximum atomic E-state index is 13.4. The lowest BCUT2D eigenvalue weighted by atomic mass is 10.1. The molecule has 0 heterocycles. The first kappa shape index (κ1) is 31.9. The van der Waals surface area contributed by atoms with Gasteiger partial charge in [-0.3, -0.25) is 10.7 Å². The number of carbonyl (C=O) groups is 2. The summed E-state index contributed by atoms with van der Waals surface area (Å²) in [5.74, 6) is -0.546. The van der Waals surface area contributed by atoms with Gasteiger partial charge in [0.05, 0.1) is 4.90 Å². The molecule has 5 N–H and O–H groups in total. The third-order valence-electron chi connectivity index (χ3n) is 6.84. The molecule has 228 valence electrons. The number of sulfonamides is 1. The van der Waals surface area contributed by atoms with Crippen molar-refractivity contribution in [3.8, 4) is 16.9 Å². The fourth-order valence-corrected chi connectivity index (χ4v) is 5.12. The third-order valence-corrected chi connectivity index (χ3v) is 7.81. The van der Waals surface area contributed by atoms with E-state index in [0.29, 0.717) is 28.8 Å². The molecule has 0 spiro atoms. The lowest BCUT2D eigenvalue weighted by Gasteiger charge is -2.29. The number of rotatable bonds is 9. The number of hydrogen-bond donors (Lipinski definition) is 4. The van der Waals surface area contributed by atoms with E-state index in [1.807, 2.05) is 19.9 Å². The third kappa shape index (κ3) is 8.27. The normalized spacial score (nSPS) is 11.7. The average molecular weight is 618 g/mol. The monoisotopic (exact) mass is 617 g/mol. The molecule has 10 nitrogen and oxygen atoms in total. The number of hydrogen-bond acceptors (Lipinski definition) is 6. The second-order valence-corrected chi connectivity index (χ2v) is 11.5. The van der Waals surface area contributed by atoms with Gasteiger partial charge in [-0.25, -0.2) is 27.5 Å². The minimum absolute atomic E-state index is 0.00927. The van der Waals surface area contributed by atoms with Crippen molar-refractivity contribution in [1.29, 1.82) is 5.41 Å².